The van der Waals surface area contributed by atoms with Crippen molar-refractivity contribution in [3.8, 4) is 0 Å². The highest BCUT2D eigenvalue weighted by atomic mass is 79.9. The van der Waals surface area contributed by atoms with E-state index in [1.54, 1.807) is 0 Å². The van der Waals surface area contributed by atoms with Crippen molar-refractivity contribution in [3.05, 3.63) is 15.9 Å². The van der Waals surface area contributed by atoms with Crippen molar-refractivity contribution in [2.75, 3.05) is 0 Å². The van der Waals surface area contributed by atoms with E-state index in [-0.39, 0.29) is 6.10 Å². The van der Waals surface area contributed by atoms with Crippen molar-refractivity contribution in [3.63, 3.8) is 0 Å². The molecule has 0 aliphatic heterocycles. The average molecular weight is 301 g/mol. The molecule has 1 saturated carbocycles. The summed E-state index contributed by atoms with van der Waals surface area (Å²) in [7, 11) is 1.95. The van der Waals surface area contributed by atoms with Gasteiger partial charge in [0.25, 0.3) is 0 Å². The molecule has 96 valence electrons. The number of rotatable bonds is 5. The summed E-state index contributed by atoms with van der Waals surface area (Å²) in [4.78, 5) is 0. The Balaban J connectivity index is 2.09. The maximum Gasteiger partial charge on any atom is 0.0766 e. The van der Waals surface area contributed by atoms with Crippen LogP contribution in [0.1, 0.15) is 38.1 Å². The van der Waals surface area contributed by atoms with Gasteiger partial charge in [-0.1, -0.05) is 13.8 Å². The minimum absolute atomic E-state index is 0.251. The fourth-order valence-electron chi connectivity index (χ4n) is 2.36. The SMILES string of the molecule is CCc1nn(C)c(CC(O)C(C)C2CC2)c1Br. The highest BCUT2D eigenvalue weighted by Gasteiger charge is 2.33. The van der Waals surface area contributed by atoms with E-state index in [1.807, 2.05) is 11.7 Å². The molecule has 0 radical (unpaired) electrons. The third-order valence-electron chi connectivity index (χ3n) is 3.88. The number of halogens is 1. The highest BCUT2D eigenvalue weighted by Crippen LogP contribution is 2.39. The molecule has 2 atom stereocenters. The van der Waals surface area contributed by atoms with Crippen LogP contribution in [0.15, 0.2) is 4.47 Å². The van der Waals surface area contributed by atoms with Gasteiger partial charge >= 0.3 is 0 Å². The van der Waals surface area contributed by atoms with Gasteiger partial charge < -0.3 is 5.11 Å². The number of hydrogen-bond donors (Lipinski definition) is 1. The first-order valence-corrected chi connectivity index (χ1v) is 7.22. The van der Waals surface area contributed by atoms with E-state index in [9.17, 15) is 5.11 Å². The first kappa shape index (κ1) is 13.1. The van der Waals surface area contributed by atoms with Crippen molar-refractivity contribution in [1.29, 1.82) is 0 Å². The van der Waals surface area contributed by atoms with Crippen LogP contribution in [0.2, 0.25) is 0 Å². The number of hydrogen-bond acceptors (Lipinski definition) is 2. The second kappa shape index (κ2) is 5.11. The number of aliphatic hydroxyl groups excluding tert-OH is 1. The smallest absolute Gasteiger partial charge is 0.0766 e. The molecule has 1 aliphatic rings. The monoisotopic (exact) mass is 300 g/mol. The van der Waals surface area contributed by atoms with Gasteiger partial charge in [-0.3, -0.25) is 4.68 Å². The summed E-state index contributed by atoms with van der Waals surface area (Å²) in [6.07, 6.45) is 3.93. The van der Waals surface area contributed by atoms with E-state index >= 15 is 0 Å². The van der Waals surface area contributed by atoms with Crippen LogP contribution in [0.3, 0.4) is 0 Å². The Bertz CT molecular complexity index is 398. The van der Waals surface area contributed by atoms with Crippen LogP contribution in [-0.4, -0.2) is 21.0 Å². The van der Waals surface area contributed by atoms with Crippen LogP contribution >= 0.6 is 15.9 Å². The zero-order valence-electron chi connectivity index (χ0n) is 10.8. The molecule has 3 nitrogen and oxygen atoms in total. The van der Waals surface area contributed by atoms with Crippen LogP contribution < -0.4 is 0 Å². The molecular formula is C13H21BrN2O. The lowest BCUT2D eigenvalue weighted by Gasteiger charge is -2.18. The van der Waals surface area contributed by atoms with Crippen molar-refractivity contribution < 1.29 is 5.11 Å². The molecule has 0 amide bonds. The van der Waals surface area contributed by atoms with Gasteiger partial charge in [0.2, 0.25) is 0 Å². The van der Waals surface area contributed by atoms with E-state index in [2.05, 4.69) is 34.9 Å². The Morgan fingerprint density at radius 1 is 1.53 bits per heavy atom. The predicted molar refractivity (Wildman–Crippen MR) is 71.9 cm³/mol. The van der Waals surface area contributed by atoms with Gasteiger partial charge in [0, 0.05) is 13.5 Å². The fourth-order valence-corrected chi connectivity index (χ4v) is 3.14. The maximum absolute atomic E-state index is 10.3. The lowest BCUT2D eigenvalue weighted by atomic mass is 9.95. The molecule has 0 aromatic carbocycles. The van der Waals surface area contributed by atoms with Gasteiger partial charge in [-0.15, -0.1) is 0 Å². The summed E-state index contributed by atoms with van der Waals surface area (Å²) in [5.74, 6) is 1.14. The summed E-state index contributed by atoms with van der Waals surface area (Å²) in [6, 6.07) is 0. The van der Waals surface area contributed by atoms with Crippen molar-refractivity contribution in [2.24, 2.45) is 18.9 Å². The highest BCUT2D eigenvalue weighted by molar-refractivity contribution is 9.10. The zero-order chi connectivity index (χ0) is 12.6. The third kappa shape index (κ3) is 2.74. The lowest BCUT2D eigenvalue weighted by Crippen LogP contribution is -2.23. The number of aromatic nitrogens is 2. The molecule has 1 aliphatic carbocycles. The Hall–Kier alpha value is -0.350. The average Bonchev–Trinajstić information content (AvgIpc) is 3.10. The van der Waals surface area contributed by atoms with Crippen LogP contribution in [0, 0.1) is 11.8 Å². The minimum atomic E-state index is -0.251. The van der Waals surface area contributed by atoms with Crippen molar-refractivity contribution in [1.82, 2.24) is 9.78 Å². The molecule has 1 heterocycles. The molecule has 1 fully saturated rings. The summed E-state index contributed by atoms with van der Waals surface area (Å²) >= 11 is 3.60. The summed E-state index contributed by atoms with van der Waals surface area (Å²) in [6.45, 7) is 4.26. The molecule has 1 aromatic rings. The molecule has 0 spiro atoms. The van der Waals surface area contributed by atoms with Gasteiger partial charge in [-0.25, -0.2) is 0 Å². The Labute approximate surface area is 111 Å². The Kier molecular flexibility index (Phi) is 3.93. The molecule has 1 aromatic heterocycles. The molecule has 2 rings (SSSR count). The first-order valence-electron chi connectivity index (χ1n) is 6.42. The second-order valence-electron chi connectivity index (χ2n) is 5.15. The largest absolute Gasteiger partial charge is 0.392 e. The Morgan fingerprint density at radius 3 is 2.65 bits per heavy atom. The second-order valence-corrected chi connectivity index (χ2v) is 5.95. The molecule has 4 heteroatoms. The standard InChI is InChI=1S/C13H21BrN2O/c1-4-10-13(14)11(16(3)15-10)7-12(17)8(2)9-5-6-9/h8-9,12,17H,4-7H2,1-3H3. The van der Waals surface area contributed by atoms with Crippen molar-refractivity contribution in [2.45, 2.75) is 45.6 Å². The molecule has 0 saturated heterocycles. The lowest BCUT2D eigenvalue weighted by molar-refractivity contribution is 0.103. The van der Waals surface area contributed by atoms with Crippen LogP contribution in [-0.2, 0) is 19.9 Å². The predicted octanol–water partition coefficient (Wildman–Crippen LogP) is 2.69. The fraction of sp³-hybridized carbons (Fsp3) is 0.769. The molecule has 1 N–H and O–H groups in total. The maximum atomic E-state index is 10.3. The van der Waals surface area contributed by atoms with Crippen LogP contribution in [0.25, 0.3) is 0 Å². The Morgan fingerprint density at radius 2 is 2.18 bits per heavy atom. The van der Waals surface area contributed by atoms with Crippen LogP contribution in [0.4, 0.5) is 0 Å². The topological polar surface area (TPSA) is 38.0 Å². The molecule has 0 bridgehead atoms. The van der Waals surface area contributed by atoms with Gasteiger partial charge in [0.1, 0.15) is 0 Å². The summed E-state index contributed by atoms with van der Waals surface area (Å²) in [5.41, 5.74) is 2.19. The van der Waals surface area contributed by atoms with E-state index in [4.69, 9.17) is 0 Å². The zero-order valence-corrected chi connectivity index (χ0v) is 12.4. The minimum Gasteiger partial charge on any atom is -0.392 e. The normalized spacial score (nSPS) is 19.4. The van der Waals surface area contributed by atoms with E-state index < -0.39 is 0 Å². The quantitative estimate of drug-likeness (QED) is 0.908. The number of aryl methyl sites for hydroxylation is 2. The molecule has 17 heavy (non-hydrogen) atoms. The number of aliphatic hydroxyl groups is 1. The molecule has 2 unspecified atom stereocenters. The summed E-state index contributed by atoms with van der Waals surface area (Å²) in [5, 5.41) is 14.7. The van der Waals surface area contributed by atoms with Crippen molar-refractivity contribution >= 4 is 15.9 Å². The van der Waals surface area contributed by atoms with Gasteiger partial charge in [0.05, 0.1) is 22.0 Å². The van der Waals surface area contributed by atoms with Gasteiger partial charge in [-0.05, 0) is 47.0 Å². The van der Waals surface area contributed by atoms with E-state index in [0.717, 1.165) is 28.2 Å². The van der Waals surface area contributed by atoms with E-state index in [1.165, 1.54) is 12.8 Å². The van der Waals surface area contributed by atoms with Gasteiger partial charge in [-0.2, -0.15) is 5.10 Å². The third-order valence-corrected chi connectivity index (χ3v) is 4.79. The van der Waals surface area contributed by atoms with Crippen LogP contribution in [0.5, 0.6) is 0 Å². The molecular weight excluding hydrogens is 280 g/mol. The van der Waals surface area contributed by atoms with E-state index in [0.29, 0.717) is 12.3 Å². The summed E-state index contributed by atoms with van der Waals surface area (Å²) < 4.78 is 2.97. The first-order chi connectivity index (χ1) is 8.04. The van der Waals surface area contributed by atoms with Gasteiger partial charge in [0.15, 0.2) is 0 Å². The number of nitrogens with zero attached hydrogens (tertiary/aromatic N) is 2.